The third-order valence-electron chi connectivity index (χ3n) is 6.99. The molecule has 2 N–H and O–H groups in total. The summed E-state index contributed by atoms with van der Waals surface area (Å²) in [6.45, 7) is 2.65. The van der Waals surface area contributed by atoms with Gasteiger partial charge >= 0.3 is 11.8 Å². The van der Waals surface area contributed by atoms with Crippen molar-refractivity contribution in [3.8, 4) is 5.75 Å². The number of hydrogen-bond donors (Lipinski definition) is 2. The van der Waals surface area contributed by atoms with Crippen LogP contribution in [0.25, 0.3) is 0 Å². The number of halogens is 3. The summed E-state index contributed by atoms with van der Waals surface area (Å²) in [5.74, 6) is -5.62. The molecule has 43 heavy (non-hydrogen) atoms. The molecule has 0 fully saturated rings. The van der Waals surface area contributed by atoms with E-state index in [1.807, 2.05) is 6.26 Å². The minimum Gasteiger partial charge on any atom is -0.495 e. The van der Waals surface area contributed by atoms with Gasteiger partial charge in [-0.15, -0.1) is 5.12 Å². The number of anilines is 2. The summed E-state index contributed by atoms with van der Waals surface area (Å²) in [6.07, 6.45) is 10.7. The zero-order valence-electron chi connectivity index (χ0n) is 25.4. The van der Waals surface area contributed by atoms with Crippen LogP contribution in [0.1, 0.15) is 98.3 Å². The van der Waals surface area contributed by atoms with E-state index in [1.165, 1.54) is 51.0 Å². The summed E-state index contributed by atoms with van der Waals surface area (Å²) in [5, 5.41) is 4.86. The first-order chi connectivity index (χ1) is 20.6. The Labute approximate surface area is 257 Å². The van der Waals surface area contributed by atoms with Crippen LogP contribution in [-0.2, 0) is 4.79 Å². The summed E-state index contributed by atoms with van der Waals surface area (Å²) in [5.41, 5.74) is 0.227. The Morgan fingerprint density at radius 2 is 1.44 bits per heavy atom. The number of nitrogens with zero attached hydrogens (tertiary/aromatic N) is 1. The SMILES string of the molecule is CCCCCCCCCCCCC(F)(F)C(=O)N(F)c1ccc(C(=O)Nc2cc(C(=O)NCCSC)ccc2OC)cc1. The van der Waals surface area contributed by atoms with Crippen molar-refractivity contribution in [3.05, 3.63) is 53.6 Å². The number of methoxy groups -OCH3 is 1. The topological polar surface area (TPSA) is 87.7 Å². The molecule has 0 heterocycles. The van der Waals surface area contributed by atoms with E-state index < -0.39 is 35.0 Å². The molecule has 0 aliphatic carbocycles. The Bertz CT molecular complexity index is 1170. The Morgan fingerprint density at radius 3 is 2.02 bits per heavy atom. The third-order valence-corrected chi connectivity index (χ3v) is 7.61. The van der Waals surface area contributed by atoms with Gasteiger partial charge in [0.2, 0.25) is 0 Å². The molecule has 0 unspecified atom stereocenters. The van der Waals surface area contributed by atoms with Crippen LogP contribution in [0.3, 0.4) is 0 Å². The number of unbranched alkanes of at least 4 members (excludes halogenated alkanes) is 9. The van der Waals surface area contributed by atoms with Crippen molar-refractivity contribution in [2.24, 2.45) is 0 Å². The van der Waals surface area contributed by atoms with Gasteiger partial charge in [0.25, 0.3) is 11.8 Å². The second-order valence-electron chi connectivity index (χ2n) is 10.4. The molecule has 0 radical (unpaired) electrons. The lowest BCUT2D eigenvalue weighted by Gasteiger charge is -2.20. The lowest BCUT2D eigenvalue weighted by molar-refractivity contribution is -0.146. The van der Waals surface area contributed by atoms with Crippen LogP contribution in [-0.4, -0.2) is 49.3 Å². The van der Waals surface area contributed by atoms with Crippen molar-refractivity contribution in [1.29, 1.82) is 0 Å². The molecule has 0 aliphatic rings. The zero-order valence-corrected chi connectivity index (χ0v) is 26.2. The first-order valence-corrected chi connectivity index (χ1v) is 16.3. The number of hydrogen-bond acceptors (Lipinski definition) is 5. The van der Waals surface area contributed by atoms with E-state index in [1.54, 1.807) is 23.9 Å². The molecule has 238 valence electrons. The molecular formula is C32H44F3N3O4S. The molecule has 0 aliphatic heterocycles. The molecule has 3 amide bonds. The lowest BCUT2D eigenvalue weighted by Crippen LogP contribution is -2.39. The van der Waals surface area contributed by atoms with Crippen LogP contribution in [0, 0.1) is 0 Å². The van der Waals surface area contributed by atoms with Crippen LogP contribution >= 0.6 is 11.8 Å². The van der Waals surface area contributed by atoms with Gasteiger partial charge in [0.15, 0.2) is 0 Å². The molecule has 0 spiro atoms. The van der Waals surface area contributed by atoms with E-state index in [-0.39, 0.29) is 23.6 Å². The largest absolute Gasteiger partial charge is 0.495 e. The Hall–Kier alpha value is -3.21. The molecule has 2 aromatic rings. The van der Waals surface area contributed by atoms with Gasteiger partial charge in [-0.25, -0.2) is 0 Å². The van der Waals surface area contributed by atoms with E-state index in [0.29, 0.717) is 24.3 Å². The average Bonchev–Trinajstić information content (AvgIpc) is 3.01. The number of benzene rings is 2. The minimum absolute atomic E-state index is 0.0820. The highest BCUT2D eigenvalue weighted by Crippen LogP contribution is 2.29. The standard InChI is InChI=1S/C32H44F3N3O4S/c1-4-5-6-7-8-9-10-11-12-13-20-32(33,34)31(41)38(35)26-17-14-24(15-18-26)30(40)37-27-23-25(16-19-28(27)42-2)29(39)36-21-22-43-3/h14-19,23H,4-13,20-22H2,1-3H3,(H,36,39)(H,37,40). The third kappa shape index (κ3) is 12.1. The molecule has 11 heteroatoms. The van der Waals surface area contributed by atoms with E-state index >= 15 is 0 Å². The van der Waals surface area contributed by atoms with Gasteiger partial charge in [0.1, 0.15) is 5.75 Å². The predicted octanol–water partition coefficient (Wildman–Crippen LogP) is 8.20. The molecular weight excluding hydrogens is 579 g/mol. The van der Waals surface area contributed by atoms with Crippen molar-refractivity contribution in [1.82, 2.24) is 5.32 Å². The van der Waals surface area contributed by atoms with Gasteiger partial charge in [0.05, 0.1) is 18.5 Å². The van der Waals surface area contributed by atoms with Crippen LogP contribution < -0.4 is 20.5 Å². The van der Waals surface area contributed by atoms with E-state index in [2.05, 4.69) is 17.6 Å². The number of ether oxygens (including phenoxy) is 1. The fourth-order valence-corrected chi connectivity index (χ4v) is 4.76. The summed E-state index contributed by atoms with van der Waals surface area (Å²) in [4.78, 5) is 37.5. The van der Waals surface area contributed by atoms with Gasteiger partial charge in [-0.1, -0.05) is 69.2 Å². The number of nitrogens with one attached hydrogen (secondary N) is 2. The quantitative estimate of drug-likeness (QED) is 0.115. The van der Waals surface area contributed by atoms with Gasteiger partial charge in [-0.3, -0.25) is 14.4 Å². The summed E-state index contributed by atoms with van der Waals surface area (Å²) >= 11 is 1.59. The average molecular weight is 624 g/mol. The van der Waals surface area contributed by atoms with Gasteiger partial charge in [0, 0.05) is 29.8 Å². The van der Waals surface area contributed by atoms with E-state index in [4.69, 9.17) is 4.74 Å². The smallest absolute Gasteiger partial charge is 0.327 e. The highest BCUT2D eigenvalue weighted by Gasteiger charge is 2.42. The van der Waals surface area contributed by atoms with E-state index in [0.717, 1.165) is 43.6 Å². The highest BCUT2D eigenvalue weighted by molar-refractivity contribution is 7.98. The molecule has 0 bridgehead atoms. The molecule has 0 saturated carbocycles. The fraction of sp³-hybridized carbons (Fsp3) is 0.531. The van der Waals surface area contributed by atoms with E-state index in [9.17, 15) is 27.6 Å². The van der Waals surface area contributed by atoms with Crippen molar-refractivity contribution in [2.45, 2.75) is 83.5 Å². The molecule has 0 atom stereocenters. The normalized spacial score (nSPS) is 11.2. The number of alkyl halides is 2. The Morgan fingerprint density at radius 1 is 0.860 bits per heavy atom. The molecule has 0 saturated heterocycles. The fourth-order valence-electron chi connectivity index (χ4n) is 4.46. The first kappa shape index (κ1) is 36.0. The van der Waals surface area contributed by atoms with Crippen molar-refractivity contribution in [3.63, 3.8) is 0 Å². The van der Waals surface area contributed by atoms with Crippen molar-refractivity contribution in [2.75, 3.05) is 36.1 Å². The second-order valence-corrected chi connectivity index (χ2v) is 11.4. The molecule has 2 aromatic carbocycles. The summed E-state index contributed by atoms with van der Waals surface area (Å²) in [6, 6.07) is 9.18. The maximum absolute atomic E-state index is 14.7. The highest BCUT2D eigenvalue weighted by atomic mass is 32.2. The maximum Gasteiger partial charge on any atom is 0.327 e. The Kier molecular flexibility index (Phi) is 16.0. The van der Waals surface area contributed by atoms with Crippen LogP contribution in [0.2, 0.25) is 0 Å². The number of carbonyl (C=O) groups excluding carboxylic acids is 3. The summed E-state index contributed by atoms with van der Waals surface area (Å²) < 4.78 is 48.9. The number of amides is 3. The lowest BCUT2D eigenvalue weighted by atomic mass is 10.0. The van der Waals surface area contributed by atoms with Crippen LogP contribution in [0.15, 0.2) is 42.5 Å². The van der Waals surface area contributed by atoms with Gasteiger partial charge < -0.3 is 15.4 Å². The molecule has 2 rings (SSSR count). The number of carbonyl (C=O) groups is 3. The Balaban J connectivity index is 1.91. The predicted molar refractivity (Wildman–Crippen MR) is 168 cm³/mol. The molecule has 7 nitrogen and oxygen atoms in total. The zero-order chi connectivity index (χ0) is 31.7. The second kappa shape index (κ2) is 19.1. The number of thioether (sulfide) groups is 1. The first-order valence-electron chi connectivity index (χ1n) is 14.9. The van der Waals surface area contributed by atoms with Crippen molar-refractivity contribution < 1.29 is 32.4 Å². The van der Waals surface area contributed by atoms with Crippen LogP contribution in [0.4, 0.5) is 24.6 Å². The van der Waals surface area contributed by atoms with Crippen molar-refractivity contribution >= 4 is 40.9 Å². The summed E-state index contributed by atoms with van der Waals surface area (Å²) in [7, 11) is 1.41. The van der Waals surface area contributed by atoms with Gasteiger partial charge in [-0.2, -0.15) is 20.5 Å². The monoisotopic (exact) mass is 623 g/mol. The minimum atomic E-state index is -3.84. The maximum atomic E-state index is 14.7. The molecule has 0 aromatic heterocycles. The van der Waals surface area contributed by atoms with Crippen LogP contribution in [0.5, 0.6) is 5.75 Å². The number of rotatable bonds is 20. The van der Waals surface area contributed by atoms with Gasteiger partial charge in [-0.05, 0) is 55.1 Å².